The van der Waals surface area contributed by atoms with Gasteiger partial charge in [-0.15, -0.1) is 0 Å². The van der Waals surface area contributed by atoms with Crippen molar-refractivity contribution in [2.24, 2.45) is 5.92 Å². The predicted molar refractivity (Wildman–Crippen MR) is 95.8 cm³/mol. The molecule has 0 radical (unpaired) electrons. The van der Waals surface area contributed by atoms with Gasteiger partial charge in [-0.1, -0.05) is 31.5 Å². The molecule has 1 aliphatic heterocycles. The number of rotatable bonds is 4. The Bertz CT molecular complexity index is 784. The van der Waals surface area contributed by atoms with Crippen molar-refractivity contribution >= 4 is 16.8 Å². The monoisotopic (exact) mass is 327 g/mol. The molecule has 1 amide bonds. The predicted octanol–water partition coefficient (Wildman–Crippen LogP) is 2.26. The Kier molecular flexibility index (Phi) is 5.00. The highest BCUT2D eigenvalue weighted by Gasteiger charge is 2.28. The minimum atomic E-state index is -0.0320. The molecule has 3 rings (SSSR count). The van der Waals surface area contributed by atoms with E-state index in [-0.39, 0.29) is 11.5 Å². The van der Waals surface area contributed by atoms with Crippen molar-refractivity contribution in [3.63, 3.8) is 0 Å². The van der Waals surface area contributed by atoms with E-state index >= 15 is 0 Å². The number of likely N-dealkylation sites (tertiary alicyclic amines) is 1. The number of nitrogens with zero attached hydrogens (tertiary/aromatic N) is 1. The molecule has 1 aromatic heterocycles. The average Bonchev–Trinajstić information content (AvgIpc) is 2.59. The van der Waals surface area contributed by atoms with Crippen molar-refractivity contribution < 1.29 is 4.79 Å². The van der Waals surface area contributed by atoms with Gasteiger partial charge in [0.25, 0.3) is 5.56 Å². The number of H-pyrrole nitrogens is 1. The van der Waals surface area contributed by atoms with E-state index in [1.165, 1.54) is 0 Å². The van der Waals surface area contributed by atoms with E-state index in [9.17, 15) is 9.59 Å². The molecular formula is C19H25N3O2. The molecule has 1 aliphatic rings. The van der Waals surface area contributed by atoms with Crippen molar-refractivity contribution in [3.8, 4) is 0 Å². The number of piperidine rings is 1. The Morgan fingerprint density at radius 2 is 2.17 bits per heavy atom. The number of aromatic nitrogens is 1. The van der Waals surface area contributed by atoms with Gasteiger partial charge >= 0.3 is 0 Å². The van der Waals surface area contributed by atoms with Crippen molar-refractivity contribution in [1.29, 1.82) is 0 Å². The summed E-state index contributed by atoms with van der Waals surface area (Å²) < 4.78 is 0. The quantitative estimate of drug-likeness (QED) is 0.905. The zero-order chi connectivity index (χ0) is 17.1. The van der Waals surface area contributed by atoms with Crippen molar-refractivity contribution in [1.82, 2.24) is 15.2 Å². The van der Waals surface area contributed by atoms with E-state index < -0.39 is 0 Å². The summed E-state index contributed by atoms with van der Waals surface area (Å²) in [5.41, 5.74) is 1.60. The molecule has 1 fully saturated rings. The van der Waals surface area contributed by atoms with Gasteiger partial charge in [-0.3, -0.25) is 9.59 Å². The summed E-state index contributed by atoms with van der Waals surface area (Å²) in [4.78, 5) is 28.7. The van der Waals surface area contributed by atoms with Gasteiger partial charge in [0, 0.05) is 43.7 Å². The van der Waals surface area contributed by atoms with Crippen LogP contribution in [0.4, 0.5) is 0 Å². The van der Waals surface area contributed by atoms with Gasteiger partial charge in [0.15, 0.2) is 0 Å². The molecule has 2 N–H and O–H groups in total. The first-order valence-electron chi connectivity index (χ1n) is 8.68. The maximum absolute atomic E-state index is 12.2. The molecule has 0 unspecified atom stereocenters. The van der Waals surface area contributed by atoms with E-state index in [0.29, 0.717) is 18.5 Å². The van der Waals surface area contributed by atoms with Crippen LogP contribution >= 0.6 is 0 Å². The number of fused-ring (bicyclic) bond motifs is 1. The maximum Gasteiger partial charge on any atom is 0.252 e. The van der Waals surface area contributed by atoms with Gasteiger partial charge in [0.1, 0.15) is 0 Å². The van der Waals surface area contributed by atoms with Gasteiger partial charge in [-0.25, -0.2) is 0 Å². The van der Waals surface area contributed by atoms with E-state index in [1.807, 2.05) is 35.2 Å². The second-order valence-electron chi connectivity index (χ2n) is 6.62. The lowest BCUT2D eigenvalue weighted by atomic mass is 9.89. The first kappa shape index (κ1) is 16.7. The summed E-state index contributed by atoms with van der Waals surface area (Å²) in [6.45, 7) is 5.94. The lowest BCUT2D eigenvalue weighted by Crippen LogP contribution is -2.50. The molecule has 0 spiro atoms. The number of carbonyl (C=O) groups is 1. The first-order valence-corrected chi connectivity index (χ1v) is 8.68. The zero-order valence-electron chi connectivity index (χ0n) is 14.3. The fraction of sp³-hybridized carbons (Fsp3) is 0.474. The Balaban J connectivity index is 1.70. The van der Waals surface area contributed by atoms with E-state index in [4.69, 9.17) is 0 Å². The number of carbonyl (C=O) groups excluding carboxylic acids is 1. The van der Waals surface area contributed by atoms with Crippen molar-refractivity contribution in [3.05, 3.63) is 46.2 Å². The summed E-state index contributed by atoms with van der Waals surface area (Å²) in [5.74, 6) is 0.583. The molecule has 1 aromatic carbocycles. The Hall–Kier alpha value is -2.14. The number of hydrogen-bond acceptors (Lipinski definition) is 3. The Morgan fingerprint density at radius 1 is 1.38 bits per heavy atom. The Morgan fingerprint density at radius 3 is 2.92 bits per heavy atom. The zero-order valence-corrected chi connectivity index (χ0v) is 14.3. The van der Waals surface area contributed by atoms with Crippen LogP contribution in [0.1, 0.15) is 32.3 Å². The summed E-state index contributed by atoms with van der Waals surface area (Å²) in [6.07, 6.45) is 1.96. The minimum Gasteiger partial charge on any atom is -0.343 e. The number of benzene rings is 1. The van der Waals surface area contributed by atoms with Crippen LogP contribution in [0, 0.1) is 5.92 Å². The highest BCUT2D eigenvalue weighted by atomic mass is 16.2. The molecule has 5 heteroatoms. The number of nitrogens with one attached hydrogen (secondary N) is 2. The van der Waals surface area contributed by atoms with Crippen LogP contribution in [0.3, 0.4) is 0 Å². The normalized spacial score (nSPS) is 21.2. The molecule has 0 bridgehead atoms. The molecule has 24 heavy (non-hydrogen) atoms. The molecule has 0 saturated carbocycles. The third kappa shape index (κ3) is 3.51. The molecule has 2 atom stereocenters. The number of aromatic amines is 1. The number of hydrogen-bond donors (Lipinski definition) is 2. The topological polar surface area (TPSA) is 65.2 Å². The third-order valence-electron chi connectivity index (χ3n) is 5.09. The van der Waals surface area contributed by atoms with Gasteiger partial charge in [0.2, 0.25) is 5.91 Å². The second kappa shape index (κ2) is 7.18. The smallest absolute Gasteiger partial charge is 0.252 e. The van der Waals surface area contributed by atoms with Crippen LogP contribution in [0.25, 0.3) is 10.9 Å². The number of amides is 1. The summed E-state index contributed by atoms with van der Waals surface area (Å²) in [6, 6.07) is 10.1. The van der Waals surface area contributed by atoms with Crippen LogP contribution in [0.5, 0.6) is 0 Å². The highest BCUT2D eigenvalue weighted by molar-refractivity contribution is 5.78. The van der Waals surface area contributed by atoms with Crippen LogP contribution in [-0.4, -0.2) is 34.9 Å². The van der Waals surface area contributed by atoms with Crippen molar-refractivity contribution in [2.45, 2.75) is 39.3 Å². The molecule has 0 aliphatic carbocycles. The SMILES string of the molecule is CC[C@H]1CN(C(C)=O)CC[C@@H]1NCc1cc2ccccc2[nH]c1=O. The molecular weight excluding hydrogens is 302 g/mol. The first-order chi connectivity index (χ1) is 11.6. The fourth-order valence-electron chi connectivity index (χ4n) is 3.57. The second-order valence-corrected chi connectivity index (χ2v) is 6.62. The van der Waals surface area contributed by atoms with E-state index in [0.717, 1.165) is 42.4 Å². The Labute approximate surface area is 142 Å². The maximum atomic E-state index is 12.2. The molecule has 2 heterocycles. The number of pyridine rings is 1. The number of para-hydroxylation sites is 1. The van der Waals surface area contributed by atoms with Gasteiger partial charge in [0.05, 0.1) is 0 Å². The van der Waals surface area contributed by atoms with E-state index in [2.05, 4.69) is 17.2 Å². The standard InChI is InChI=1S/C19H25N3O2/c1-3-14-12-22(13(2)23)9-8-17(14)20-11-16-10-15-6-4-5-7-18(15)21-19(16)24/h4-7,10,14,17,20H,3,8-9,11-12H2,1-2H3,(H,21,24)/t14-,17-/m0/s1. The highest BCUT2D eigenvalue weighted by Crippen LogP contribution is 2.21. The van der Waals surface area contributed by atoms with Crippen molar-refractivity contribution in [2.75, 3.05) is 13.1 Å². The molecule has 1 saturated heterocycles. The summed E-state index contributed by atoms with van der Waals surface area (Å²) >= 11 is 0. The fourth-order valence-corrected chi connectivity index (χ4v) is 3.57. The lowest BCUT2D eigenvalue weighted by Gasteiger charge is -2.38. The van der Waals surface area contributed by atoms with Gasteiger partial charge in [-0.05, 0) is 29.9 Å². The summed E-state index contributed by atoms with van der Waals surface area (Å²) in [5, 5.41) is 4.59. The average molecular weight is 327 g/mol. The molecule has 5 nitrogen and oxygen atoms in total. The van der Waals surface area contributed by atoms with Gasteiger partial charge < -0.3 is 15.2 Å². The van der Waals surface area contributed by atoms with Crippen LogP contribution in [-0.2, 0) is 11.3 Å². The van der Waals surface area contributed by atoms with Gasteiger partial charge in [-0.2, -0.15) is 0 Å². The van der Waals surface area contributed by atoms with Crippen LogP contribution in [0.15, 0.2) is 35.1 Å². The van der Waals surface area contributed by atoms with E-state index in [1.54, 1.807) is 6.92 Å². The van der Waals surface area contributed by atoms with Crippen LogP contribution < -0.4 is 10.9 Å². The lowest BCUT2D eigenvalue weighted by molar-refractivity contribution is -0.131. The minimum absolute atomic E-state index is 0.0320. The van der Waals surface area contributed by atoms with Crippen LogP contribution in [0.2, 0.25) is 0 Å². The third-order valence-corrected chi connectivity index (χ3v) is 5.09. The molecule has 128 valence electrons. The summed E-state index contributed by atoms with van der Waals surface area (Å²) in [7, 11) is 0. The molecule has 2 aromatic rings. The largest absolute Gasteiger partial charge is 0.343 e.